The molecule has 2 aromatic carbocycles. The van der Waals surface area contributed by atoms with E-state index < -0.39 is 28.7 Å². The zero-order chi connectivity index (χ0) is 18.6. The summed E-state index contributed by atoms with van der Waals surface area (Å²) in [6.45, 7) is 5.52. The molecule has 3 rings (SSSR count). The van der Waals surface area contributed by atoms with Crippen LogP contribution in [-0.2, 0) is 15.8 Å². The second kappa shape index (κ2) is 5.33. The van der Waals surface area contributed by atoms with E-state index in [1.54, 1.807) is 36.4 Å². The molecule has 3 nitrogen and oxygen atoms in total. The molecule has 1 atom stereocenters. The smallest absolute Gasteiger partial charge is 0.423 e. The maximum Gasteiger partial charge on any atom is 0.432 e. The zero-order valence-corrected chi connectivity index (χ0v) is 13.9. The molecule has 6 heteroatoms. The molecule has 0 radical (unpaired) electrons. The normalized spacial score (nSPS) is 20.4. The number of benzene rings is 2. The summed E-state index contributed by atoms with van der Waals surface area (Å²) in [4.78, 5) is 12.0. The molecule has 1 heterocycles. The van der Waals surface area contributed by atoms with Gasteiger partial charge < -0.3 is 9.84 Å². The van der Waals surface area contributed by atoms with Crippen molar-refractivity contribution >= 4 is 5.97 Å². The number of alkyl halides is 3. The van der Waals surface area contributed by atoms with Gasteiger partial charge in [0.15, 0.2) is 0 Å². The first-order valence-electron chi connectivity index (χ1n) is 7.72. The molecule has 0 bridgehead atoms. The van der Waals surface area contributed by atoms with Crippen molar-refractivity contribution in [2.24, 2.45) is 0 Å². The van der Waals surface area contributed by atoms with Gasteiger partial charge in [-0.25, -0.2) is 4.79 Å². The first-order valence-corrected chi connectivity index (χ1v) is 7.72. The Morgan fingerprint density at radius 1 is 1.04 bits per heavy atom. The molecule has 0 unspecified atom stereocenters. The van der Waals surface area contributed by atoms with Crippen LogP contribution >= 0.6 is 0 Å². The number of hydrogen-bond donors (Lipinski definition) is 1. The summed E-state index contributed by atoms with van der Waals surface area (Å²) in [5.74, 6) is -1.97. The highest BCUT2D eigenvalue weighted by Crippen LogP contribution is 2.52. The summed E-state index contributed by atoms with van der Waals surface area (Å²) in [6.07, 6.45) is -5.18. The molecule has 0 spiro atoms. The molecule has 1 aliphatic heterocycles. The summed E-state index contributed by atoms with van der Waals surface area (Å²) < 4.78 is 45.4. The fourth-order valence-electron chi connectivity index (χ4n) is 2.82. The van der Waals surface area contributed by atoms with Gasteiger partial charge in [0.1, 0.15) is 5.75 Å². The van der Waals surface area contributed by atoms with Gasteiger partial charge in [-0.15, -0.1) is 0 Å². The van der Waals surface area contributed by atoms with Crippen LogP contribution in [-0.4, -0.2) is 17.3 Å². The fraction of sp³-hybridized carbons (Fsp3) is 0.316. The third kappa shape index (κ3) is 2.61. The first-order chi connectivity index (χ1) is 11.5. The number of esters is 1. The van der Waals surface area contributed by atoms with Gasteiger partial charge in [0.25, 0.3) is 5.60 Å². The van der Waals surface area contributed by atoms with Gasteiger partial charge in [0.05, 0.1) is 0 Å². The lowest BCUT2D eigenvalue weighted by molar-refractivity contribution is -0.258. The van der Waals surface area contributed by atoms with Crippen LogP contribution in [0.15, 0.2) is 42.5 Å². The highest BCUT2D eigenvalue weighted by Gasteiger charge is 2.67. The van der Waals surface area contributed by atoms with Gasteiger partial charge in [-0.2, -0.15) is 13.2 Å². The molecule has 1 N–H and O–H groups in total. The topological polar surface area (TPSA) is 46.5 Å². The van der Waals surface area contributed by atoms with Crippen molar-refractivity contribution in [3.8, 4) is 16.9 Å². The molecule has 25 heavy (non-hydrogen) atoms. The van der Waals surface area contributed by atoms with E-state index in [1.807, 2.05) is 20.8 Å². The monoisotopic (exact) mass is 350 g/mol. The zero-order valence-electron chi connectivity index (χ0n) is 13.9. The Balaban J connectivity index is 2.36. The van der Waals surface area contributed by atoms with Crippen LogP contribution in [0, 0.1) is 0 Å². The van der Waals surface area contributed by atoms with E-state index in [0.717, 1.165) is 0 Å². The van der Waals surface area contributed by atoms with Crippen LogP contribution < -0.4 is 4.74 Å². The van der Waals surface area contributed by atoms with Crippen LogP contribution in [0.2, 0.25) is 0 Å². The minimum absolute atomic E-state index is 0.246. The van der Waals surface area contributed by atoms with E-state index in [4.69, 9.17) is 4.74 Å². The number of halogens is 3. The van der Waals surface area contributed by atoms with E-state index in [1.165, 1.54) is 6.07 Å². The van der Waals surface area contributed by atoms with Gasteiger partial charge in [-0.3, -0.25) is 0 Å². The van der Waals surface area contributed by atoms with Crippen molar-refractivity contribution in [3.05, 3.63) is 53.6 Å². The van der Waals surface area contributed by atoms with Crippen molar-refractivity contribution in [2.45, 2.75) is 38.0 Å². The number of fused-ring (bicyclic) bond motifs is 1. The molecule has 132 valence electrons. The molecular formula is C19H17F3O3. The molecular weight excluding hydrogens is 333 g/mol. The number of carbonyl (C=O) groups excluding carboxylic acids is 1. The lowest BCUT2D eigenvalue weighted by Crippen LogP contribution is -2.47. The molecule has 0 aliphatic carbocycles. The molecule has 0 saturated carbocycles. The molecule has 0 fully saturated rings. The van der Waals surface area contributed by atoms with Gasteiger partial charge >= 0.3 is 12.1 Å². The minimum Gasteiger partial charge on any atom is -0.423 e. The minimum atomic E-state index is -5.18. The predicted molar refractivity (Wildman–Crippen MR) is 86.2 cm³/mol. The Kier molecular flexibility index (Phi) is 3.73. The number of aliphatic hydroxyl groups is 1. The third-order valence-corrected chi connectivity index (χ3v) is 4.33. The summed E-state index contributed by atoms with van der Waals surface area (Å²) in [7, 11) is 0. The van der Waals surface area contributed by atoms with Crippen molar-refractivity contribution in [2.75, 3.05) is 0 Å². The Bertz CT molecular complexity index is 835. The standard InChI is InChI=1S/C19H17F3O3/c1-17(2,3)12-9-13(11-7-5-4-6-8-11)15-14(10-12)18(24,16(23)25-15)19(20,21)22/h4-10,24H,1-3H3/t18-/m0/s1. The van der Waals surface area contributed by atoms with Crippen LogP contribution in [0.3, 0.4) is 0 Å². The lowest BCUT2D eigenvalue weighted by atomic mass is 9.81. The van der Waals surface area contributed by atoms with Gasteiger partial charge in [0, 0.05) is 11.1 Å². The van der Waals surface area contributed by atoms with Crippen LogP contribution in [0.5, 0.6) is 5.75 Å². The number of hydrogen-bond acceptors (Lipinski definition) is 3. The summed E-state index contributed by atoms with van der Waals surface area (Å²) >= 11 is 0. The van der Waals surface area contributed by atoms with E-state index in [-0.39, 0.29) is 5.75 Å². The van der Waals surface area contributed by atoms with Crippen molar-refractivity contribution in [3.63, 3.8) is 0 Å². The molecule has 1 aliphatic rings. The van der Waals surface area contributed by atoms with E-state index in [2.05, 4.69) is 0 Å². The van der Waals surface area contributed by atoms with E-state index in [0.29, 0.717) is 16.7 Å². The highest BCUT2D eigenvalue weighted by atomic mass is 19.4. The third-order valence-electron chi connectivity index (χ3n) is 4.33. The predicted octanol–water partition coefficient (Wildman–Crippen LogP) is 4.32. The number of rotatable bonds is 1. The van der Waals surface area contributed by atoms with Crippen LogP contribution in [0.4, 0.5) is 13.2 Å². The average molecular weight is 350 g/mol. The largest absolute Gasteiger partial charge is 0.432 e. The maximum absolute atomic E-state index is 13.5. The Morgan fingerprint density at radius 2 is 1.64 bits per heavy atom. The quantitative estimate of drug-likeness (QED) is 0.615. The van der Waals surface area contributed by atoms with E-state index >= 15 is 0 Å². The average Bonchev–Trinajstić information content (AvgIpc) is 2.79. The first kappa shape index (κ1) is 17.5. The highest BCUT2D eigenvalue weighted by molar-refractivity contribution is 5.93. The summed E-state index contributed by atoms with van der Waals surface area (Å²) in [5.41, 5.74) is -3.20. The second-order valence-corrected chi connectivity index (χ2v) is 7.11. The Hall–Kier alpha value is -2.34. The van der Waals surface area contributed by atoms with Crippen molar-refractivity contribution in [1.82, 2.24) is 0 Å². The van der Waals surface area contributed by atoms with Crippen molar-refractivity contribution < 1.29 is 27.8 Å². The second-order valence-electron chi connectivity index (χ2n) is 7.11. The fourth-order valence-corrected chi connectivity index (χ4v) is 2.82. The van der Waals surface area contributed by atoms with Gasteiger partial charge in [-0.1, -0.05) is 51.1 Å². The van der Waals surface area contributed by atoms with Gasteiger partial charge in [0.2, 0.25) is 0 Å². The van der Waals surface area contributed by atoms with Crippen LogP contribution in [0.25, 0.3) is 11.1 Å². The summed E-state index contributed by atoms with van der Waals surface area (Å²) in [5, 5.41) is 10.2. The lowest BCUT2D eigenvalue weighted by Gasteiger charge is -2.25. The number of carbonyl (C=O) groups is 1. The molecule has 2 aromatic rings. The Labute approximate surface area is 143 Å². The van der Waals surface area contributed by atoms with Crippen molar-refractivity contribution in [1.29, 1.82) is 0 Å². The number of ether oxygens (including phenoxy) is 1. The van der Waals surface area contributed by atoms with Gasteiger partial charge in [-0.05, 0) is 28.7 Å². The maximum atomic E-state index is 13.5. The molecule has 0 aromatic heterocycles. The van der Waals surface area contributed by atoms with E-state index in [9.17, 15) is 23.1 Å². The van der Waals surface area contributed by atoms with Crippen LogP contribution in [0.1, 0.15) is 31.9 Å². The SMILES string of the molecule is CC(C)(C)c1cc(-c2ccccc2)c2c(c1)[C@@](O)(C(F)(F)F)C(=O)O2. The summed E-state index contributed by atoms with van der Waals surface area (Å²) in [6, 6.07) is 11.6. The molecule has 0 amide bonds. The molecule has 0 saturated heterocycles. The Morgan fingerprint density at radius 3 is 2.16 bits per heavy atom.